The summed E-state index contributed by atoms with van der Waals surface area (Å²) in [7, 11) is 0. The van der Waals surface area contributed by atoms with Gasteiger partial charge < -0.3 is 10.2 Å². The lowest BCUT2D eigenvalue weighted by Gasteiger charge is -2.30. The molecule has 1 heterocycles. The predicted octanol–water partition coefficient (Wildman–Crippen LogP) is 6.98. The van der Waals surface area contributed by atoms with Crippen LogP contribution in [0.4, 0.5) is 5.69 Å². The fourth-order valence-corrected chi connectivity index (χ4v) is 6.02. The molecule has 1 saturated carbocycles. The third-order valence-electron chi connectivity index (χ3n) is 7.19. The Hall–Kier alpha value is -3.31. The molecule has 2 amide bonds. The van der Waals surface area contributed by atoms with Crippen LogP contribution in [0.15, 0.2) is 82.6 Å². The van der Waals surface area contributed by atoms with Crippen molar-refractivity contribution < 1.29 is 9.59 Å². The van der Waals surface area contributed by atoms with Gasteiger partial charge in [-0.05, 0) is 67.2 Å². The van der Waals surface area contributed by atoms with Crippen LogP contribution in [-0.2, 0) is 11.3 Å². The van der Waals surface area contributed by atoms with Crippen LogP contribution in [-0.4, -0.2) is 17.9 Å². The van der Waals surface area contributed by atoms with Gasteiger partial charge in [0.15, 0.2) is 0 Å². The van der Waals surface area contributed by atoms with Crippen molar-refractivity contribution in [3.8, 4) is 0 Å². The molecule has 0 aromatic heterocycles. The zero-order valence-electron chi connectivity index (χ0n) is 20.9. The van der Waals surface area contributed by atoms with E-state index in [1.165, 1.54) is 36.6 Å². The van der Waals surface area contributed by atoms with Crippen LogP contribution in [0.5, 0.6) is 0 Å². The molecule has 0 saturated heterocycles. The number of nitrogens with zero attached hydrogens (tertiary/aromatic N) is 1. The Morgan fingerprint density at radius 1 is 1.00 bits per heavy atom. The van der Waals surface area contributed by atoms with Crippen molar-refractivity contribution in [2.45, 2.75) is 57.0 Å². The van der Waals surface area contributed by atoms with Crippen LogP contribution in [0, 0.1) is 12.8 Å². The van der Waals surface area contributed by atoms with Crippen molar-refractivity contribution in [3.63, 3.8) is 0 Å². The number of fused-ring (bicyclic) bond motifs is 1. The van der Waals surface area contributed by atoms with E-state index in [9.17, 15) is 9.59 Å². The van der Waals surface area contributed by atoms with Gasteiger partial charge in [-0.25, -0.2) is 0 Å². The fraction of sp³-hybridized carbons (Fsp3) is 0.290. The van der Waals surface area contributed by atoms with E-state index >= 15 is 0 Å². The zero-order chi connectivity index (χ0) is 25.1. The lowest BCUT2D eigenvalue weighted by atomic mass is 9.86. The Morgan fingerprint density at radius 2 is 1.72 bits per heavy atom. The minimum absolute atomic E-state index is 0.00705. The molecule has 1 N–H and O–H groups in total. The van der Waals surface area contributed by atoms with Crippen LogP contribution < -0.4 is 10.2 Å². The Labute approximate surface area is 217 Å². The second kappa shape index (κ2) is 10.8. The van der Waals surface area contributed by atoms with Gasteiger partial charge in [-0.2, -0.15) is 0 Å². The number of carbonyl (C=O) groups excluding carboxylic acids is 2. The molecule has 0 radical (unpaired) electrons. The molecule has 3 aromatic rings. The first-order valence-electron chi connectivity index (χ1n) is 12.7. The van der Waals surface area contributed by atoms with E-state index in [1.807, 2.05) is 53.4 Å². The standard InChI is InChI=1S/C31H32N2O2S/c1-21-11-13-24(14-12-21)20-33-27-9-5-6-10-28(27)36-29(31(33)35)19-23-15-17-25(18-16-23)30(34)32-26-8-4-3-7-22(26)2/h5-6,9-19,22,26H,3-4,7-8,20H2,1-2H3,(H,32,34). The van der Waals surface area contributed by atoms with E-state index < -0.39 is 0 Å². The molecule has 1 aliphatic carbocycles. The summed E-state index contributed by atoms with van der Waals surface area (Å²) in [5.74, 6) is 0.494. The second-order valence-electron chi connectivity index (χ2n) is 9.92. The molecule has 2 atom stereocenters. The summed E-state index contributed by atoms with van der Waals surface area (Å²) >= 11 is 1.50. The van der Waals surface area contributed by atoms with E-state index in [0.717, 1.165) is 28.1 Å². The number of nitrogens with one attached hydrogen (secondary N) is 1. The van der Waals surface area contributed by atoms with Crippen molar-refractivity contribution in [2.24, 2.45) is 5.92 Å². The van der Waals surface area contributed by atoms with Crippen molar-refractivity contribution in [1.29, 1.82) is 0 Å². The van der Waals surface area contributed by atoms with E-state index in [0.29, 0.717) is 22.9 Å². The van der Waals surface area contributed by atoms with Gasteiger partial charge in [-0.3, -0.25) is 9.59 Å². The molecule has 0 bridgehead atoms. The predicted molar refractivity (Wildman–Crippen MR) is 148 cm³/mol. The Balaban J connectivity index is 1.35. The number of aryl methyl sites for hydroxylation is 1. The lowest BCUT2D eigenvalue weighted by Crippen LogP contribution is -2.41. The number of rotatable bonds is 5. The normalized spacial score (nSPS) is 20.8. The zero-order valence-corrected chi connectivity index (χ0v) is 21.7. The number of hydrogen-bond donors (Lipinski definition) is 1. The Morgan fingerprint density at radius 3 is 2.47 bits per heavy atom. The highest BCUT2D eigenvalue weighted by molar-refractivity contribution is 8.04. The molecule has 1 aliphatic heterocycles. The van der Waals surface area contributed by atoms with E-state index in [2.05, 4.69) is 49.5 Å². The first kappa shape index (κ1) is 24.4. The van der Waals surface area contributed by atoms with Gasteiger partial charge in [0.1, 0.15) is 0 Å². The fourth-order valence-electron chi connectivity index (χ4n) is 4.96. The highest BCUT2D eigenvalue weighted by Gasteiger charge is 2.29. The number of thioether (sulfide) groups is 1. The molecule has 2 aliphatic rings. The number of anilines is 1. The molecule has 36 heavy (non-hydrogen) atoms. The van der Waals surface area contributed by atoms with Gasteiger partial charge in [-0.1, -0.05) is 85.6 Å². The summed E-state index contributed by atoms with van der Waals surface area (Å²) in [6, 6.07) is 24.2. The van der Waals surface area contributed by atoms with Crippen molar-refractivity contribution >= 4 is 35.3 Å². The first-order valence-corrected chi connectivity index (χ1v) is 13.6. The van der Waals surface area contributed by atoms with Crippen molar-refractivity contribution in [2.75, 3.05) is 4.90 Å². The van der Waals surface area contributed by atoms with Gasteiger partial charge >= 0.3 is 0 Å². The summed E-state index contributed by atoms with van der Waals surface area (Å²) in [6.45, 7) is 4.80. The second-order valence-corrected chi connectivity index (χ2v) is 11.0. The Bertz CT molecular complexity index is 1280. The molecule has 0 spiro atoms. The van der Waals surface area contributed by atoms with Crippen LogP contribution in [0.3, 0.4) is 0 Å². The minimum atomic E-state index is -0.0192. The molecule has 3 aromatic carbocycles. The molecule has 5 heteroatoms. The summed E-state index contributed by atoms with van der Waals surface area (Å²) in [5, 5.41) is 3.22. The van der Waals surface area contributed by atoms with Gasteiger partial charge in [-0.15, -0.1) is 0 Å². The lowest BCUT2D eigenvalue weighted by molar-refractivity contribution is -0.114. The van der Waals surface area contributed by atoms with Gasteiger partial charge in [0, 0.05) is 16.5 Å². The number of benzene rings is 3. The molecule has 1 fully saturated rings. The van der Waals surface area contributed by atoms with Crippen LogP contribution in [0.2, 0.25) is 0 Å². The average molecular weight is 497 g/mol. The van der Waals surface area contributed by atoms with Crippen molar-refractivity contribution in [3.05, 3.63) is 100.0 Å². The summed E-state index contributed by atoms with van der Waals surface area (Å²) in [4.78, 5) is 30.0. The molecular formula is C31H32N2O2S. The van der Waals surface area contributed by atoms with Crippen LogP contribution in [0.1, 0.15) is 59.7 Å². The number of amides is 2. The first-order chi connectivity index (χ1) is 17.5. The largest absolute Gasteiger partial charge is 0.349 e. The maximum absolute atomic E-state index is 13.6. The third kappa shape index (κ3) is 5.41. The van der Waals surface area contributed by atoms with Crippen LogP contribution >= 0.6 is 11.8 Å². The van der Waals surface area contributed by atoms with Gasteiger partial charge in [0.05, 0.1) is 17.1 Å². The monoisotopic (exact) mass is 496 g/mol. The molecular weight excluding hydrogens is 464 g/mol. The number of para-hydroxylation sites is 1. The summed E-state index contributed by atoms with van der Waals surface area (Å²) in [5.41, 5.74) is 4.80. The smallest absolute Gasteiger partial charge is 0.265 e. The highest BCUT2D eigenvalue weighted by atomic mass is 32.2. The quantitative estimate of drug-likeness (QED) is 0.388. The van der Waals surface area contributed by atoms with Crippen molar-refractivity contribution in [1.82, 2.24) is 5.32 Å². The number of hydrogen-bond acceptors (Lipinski definition) is 3. The number of carbonyl (C=O) groups is 2. The van der Waals surface area contributed by atoms with Gasteiger partial charge in [0.25, 0.3) is 11.8 Å². The summed E-state index contributed by atoms with van der Waals surface area (Å²) in [6.07, 6.45) is 6.58. The third-order valence-corrected chi connectivity index (χ3v) is 8.27. The Kier molecular flexibility index (Phi) is 7.28. The maximum atomic E-state index is 13.6. The molecule has 184 valence electrons. The van der Waals surface area contributed by atoms with Gasteiger partial charge in [0.2, 0.25) is 0 Å². The topological polar surface area (TPSA) is 49.4 Å². The maximum Gasteiger partial charge on any atom is 0.265 e. The van der Waals surface area contributed by atoms with E-state index in [4.69, 9.17) is 0 Å². The highest BCUT2D eigenvalue weighted by Crippen LogP contribution is 2.42. The SMILES string of the molecule is Cc1ccc(CN2C(=O)C(=Cc3ccc(C(=O)NC4CCCCC4C)cc3)Sc3ccccc32)cc1. The average Bonchev–Trinajstić information content (AvgIpc) is 2.89. The molecule has 5 rings (SSSR count). The summed E-state index contributed by atoms with van der Waals surface area (Å²) < 4.78 is 0. The van der Waals surface area contributed by atoms with E-state index in [-0.39, 0.29) is 17.9 Å². The minimum Gasteiger partial charge on any atom is -0.349 e. The van der Waals surface area contributed by atoms with E-state index in [1.54, 1.807) is 0 Å². The molecule has 4 nitrogen and oxygen atoms in total. The van der Waals surface area contributed by atoms with Crippen LogP contribution in [0.25, 0.3) is 6.08 Å². The molecule has 2 unspecified atom stereocenters.